The summed E-state index contributed by atoms with van der Waals surface area (Å²) >= 11 is 5.86. The number of aromatic nitrogens is 4. The molecule has 2 aromatic heterocycles. The summed E-state index contributed by atoms with van der Waals surface area (Å²) in [6.45, 7) is 0.367. The Hall–Kier alpha value is -4.06. The molecule has 0 unspecified atom stereocenters. The van der Waals surface area contributed by atoms with Gasteiger partial charge in [0.1, 0.15) is 5.75 Å². The van der Waals surface area contributed by atoms with Crippen molar-refractivity contribution in [3.8, 4) is 34.5 Å². The Balaban J connectivity index is 1.46. The number of carboxylic acid groups (broad SMARTS) is 1. The van der Waals surface area contributed by atoms with Crippen molar-refractivity contribution in [2.24, 2.45) is 0 Å². The van der Waals surface area contributed by atoms with Gasteiger partial charge in [-0.3, -0.25) is 4.68 Å². The molecule has 2 heterocycles. The van der Waals surface area contributed by atoms with Gasteiger partial charge in [-0.05, 0) is 23.8 Å². The minimum absolute atomic E-state index is 0.0310. The van der Waals surface area contributed by atoms with E-state index in [1.165, 1.54) is 22.9 Å². The van der Waals surface area contributed by atoms with Crippen LogP contribution in [0.25, 0.3) is 22.8 Å². The molecule has 0 radical (unpaired) electrons. The van der Waals surface area contributed by atoms with Gasteiger partial charge in [0.2, 0.25) is 11.7 Å². The average Bonchev–Trinajstić information content (AvgIpc) is 3.39. The summed E-state index contributed by atoms with van der Waals surface area (Å²) in [6.07, 6.45) is -4.73. The van der Waals surface area contributed by atoms with Gasteiger partial charge in [0.15, 0.2) is 0 Å². The molecule has 0 atom stereocenters. The first-order valence-electron chi connectivity index (χ1n) is 9.09. The molecule has 2 aromatic carbocycles. The third-order valence-corrected chi connectivity index (χ3v) is 4.49. The molecule has 0 aliphatic heterocycles. The molecular weight excluding hydrogens is 469 g/mol. The summed E-state index contributed by atoms with van der Waals surface area (Å²) in [5, 5.41) is 16.2. The molecule has 0 amide bonds. The van der Waals surface area contributed by atoms with E-state index in [2.05, 4.69) is 24.7 Å². The normalized spacial score (nSPS) is 11.4. The summed E-state index contributed by atoms with van der Waals surface area (Å²) in [5.74, 6) is -0.241. The number of carbonyl (C=O) groups is 1. The highest BCUT2D eigenvalue weighted by Crippen LogP contribution is 2.33. The third-order valence-electron chi connectivity index (χ3n) is 4.20. The summed E-state index contributed by atoms with van der Waals surface area (Å²) in [7, 11) is 0. The van der Waals surface area contributed by atoms with Crippen LogP contribution in [0.2, 0.25) is 5.02 Å². The summed E-state index contributed by atoms with van der Waals surface area (Å²) in [5.41, 5.74) is 1.81. The van der Waals surface area contributed by atoms with Crippen LogP contribution >= 0.6 is 11.6 Å². The molecule has 1 N–H and O–H groups in total. The van der Waals surface area contributed by atoms with Crippen molar-refractivity contribution in [2.45, 2.75) is 12.9 Å². The molecule has 33 heavy (non-hydrogen) atoms. The van der Waals surface area contributed by atoms with Crippen LogP contribution < -0.4 is 9.47 Å². The number of alkyl halides is 3. The van der Waals surface area contributed by atoms with E-state index in [0.29, 0.717) is 17.7 Å². The van der Waals surface area contributed by atoms with Crippen molar-refractivity contribution in [3.05, 3.63) is 65.3 Å². The molecule has 170 valence electrons. The van der Waals surface area contributed by atoms with Crippen molar-refractivity contribution in [2.75, 3.05) is 0 Å². The minimum Gasteiger partial charge on any atom is -0.449 e. The fraction of sp³-hybridized carbons (Fsp3) is 0.100. The summed E-state index contributed by atoms with van der Waals surface area (Å²) in [4.78, 5) is 14.8. The lowest BCUT2D eigenvalue weighted by Gasteiger charge is -2.10. The molecular formula is C20H12ClF3N4O5. The number of hydrogen-bond acceptors (Lipinski definition) is 7. The lowest BCUT2D eigenvalue weighted by atomic mass is 10.1. The molecule has 0 aliphatic rings. The lowest BCUT2D eigenvalue weighted by molar-refractivity contribution is -0.274. The Bertz CT molecular complexity index is 1290. The van der Waals surface area contributed by atoms with E-state index in [0.717, 1.165) is 11.6 Å². The number of ether oxygens (including phenoxy) is 2. The van der Waals surface area contributed by atoms with Crippen molar-refractivity contribution >= 4 is 17.8 Å². The van der Waals surface area contributed by atoms with E-state index in [1.807, 2.05) is 0 Å². The van der Waals surface area contributed by atoms with Gasteiger partial charge in [-0.25, -0.2) is 4.79 Å². The molecule has 13 heteroatoms. The average molecular weight is 481 g/mol. The quantitative estimate of drug-likeness (QED) is 0.372. The van der Waals surface area contributed by atoms with E-state index in [-0.39, 0.29) is 22.6 Å². The van der Waals surface area contributed by atoms with Crippen molar-refractivity contribution in [1.29, 1.82) is 0 Å². The predicted octanol–water partition coefficient (Wildman–Crippen LogP) is 5.26. The lowest BCUT2D eigenvalue weighted by Crippen LogP contribution is -2.17. The van der Waals surface area contributed by atoms with Crippen LogP contribution in [0.5, 0.6) is 11.6 Å². The van der Waals surface area contributed by atoms with E-state index >= 15 is 0 Å². The fourth-order valence-corrected chi connectivity index (χ4v) is 3.04. The maximum atomic E-state index is 12.4. The molecule has 0 aliphatic carbocycles. The minimum atomic E-state index is -4.86. The maximum Gasteiger partial charge on any atom is 0.573 e. The highest BCUT2D eigenvalue weighted by atomic mass is 35.5. The van der Waals surface area contributed by atoms with Crippen LogP contribution in [-0.2, 0) is 6.54 Å². The predicted molar refractivity (Wildman–Crippen MR) is 107 cm³/mol. The van der Waals surface area contributed by atoms with Gasteiger partial charge in [-0.15, -0.1) is 18.3 Å². The molecule has 0 bridgehead atoms. The van der Waals surface area contributed by atoms with Gasteiger partial charge in [0, 0.05) is 23.4 Å². The van der Waals surface area contributed by atoms with E-state index in [4.69, 9.17) is 21.2 Å². The summed E-state index contributed by atoms with van der Waals surface area (Å²) < 4.78 is 52.2. The second-order valence-electron chi connectivity index (χ2n) is 6.53. The second kappa shape index (κ2) is 8.82. The molecule has 0 saturated carbocycles. The highest BCUT2D eigenvalue weighted by molar-refractivity contribution is 6.32. The summed E-state index contributed by atoms with van der Waals surface area (Å²) in [6, 6.07) is 12.1. The molecule has 0 spiro atoms. The number of rotatable bonds is 6. The Kier molecular flexibility index (Phi) is 5.92. The van der Waals surface area contributed by atoms with Crippen molar-refractivity contribution < 1.29 is 37.1 Å². The number of halogens is 4. The standard InChI is InChI=1S/C20H12ClF3N4O5/c21-14-9-13(5-6-15(14)32-20(22,23)24)18-25-17(27-33-18)12-3-1-11(2-4-12)10-28-8-7-16(26-28)31-19(29)30/h1-9H,10H2,(H,29,30). The van der Waals surface area contributed by atoms with Gasteiger partial charge in [0.25, 0.3) is 5.89 Å². The van der Waals surface area contributed by atoms with E-state index < -0.39 is 18.3 Å². The van der Waals surface area contributed by atoms with E-state index in [9.17, 15) is 18.0 Å². The first-order valence-corrected chi connectivity index (χ1v) is 9.47. The first kappa shape index (κ1) is 22.1. The molecule has 4 rings (SSSR count). The zero-order valence-electron chi connectivity index (χ0n) is 16.3. The maximum absolute atomic E-state index is 12.4. The van der Waals surface area contributed by atoms with Gasteiger partial charge < -0.3 is 19.1 Å². The van der Waals surface area contributed by atoms with Crippen LogP contribution in [-0.4, -0.2) is 37.5 Å². The zero-order valence-corrected chi connectivity index (χ0v) is 17.0. The smallest absolute Gasteiger partial charge is 0.449 e. The number of hydrogen-bond donors (Lipinski definition) is 1. The van der Waals surface area contributed by atoms with Crippen LogP contribution in [0, 0.1) is 0 Å². The Morgan fingerprint density at radius 1 is 1.12 bits per heavy atom. The van der Waals surface area contributed by atoms with E-state index in [1.54, 1.807) is 30.5 Å². The third kappa shape index (κ3) is 5.60. The van der Waals surface area contributed by atoms with Gasteiger partial charge in [0.05, 0.1) is 11.6 Å². The topological polar surface area (TPSA) is 112 Å². The van der Waals surface area contributed by atoms with Gasteiger partial charge >= 0.3 is 12.5 Å². The molecule has 0 fully saturated rings. The van der Waals surface area contributed by atoms with Gasteiger partial charge in [-0.2, -0.15) is 4.98 Å². The highest BCUT2D eigenvalue weighted by Gasteiger charge is 2.32. The Morgan fingerprint density at radius 2 is 1.85 bits per heavy atom. The van der Waals surface area contributed by atoms with Crippen LogP contribution in [0.1, 0.15) is 5.56 Å². The second-order valence-corrected chi connectivity index (χ2v) is 6.94. The van der Waals surface area contributed by atoms with Crippen LogP contribution in [0.4, 0.5) is 18.0 Å². The first-order chi connectivity index (χ1) is 15.7. The van der Waals surface area contributed by atoms with Crippen molar-refractivity contribution in [1.82, 2.24) is 19.9 Å². The molecule has 9 nitrogen and oxygen atoms in total. The monoisotopic (exact) mass is 480 g/mol. The fourth-order valence-electron chi connectivity index (χ4n) is 2.82. The zero-order chi connectivity index (χ0) is 23.6. The van der Waals surface area contributed by atoms with Crippen LogP contribution in [0.3, 0.4) is 0 Å². The SMILES string of the molecule is O=C(O)Oc1ccn(Cc2ccc(-c3noc(-c4ccc(OC(F)(F)F)c(Cl)c4)n3)cc2)n1. The largest absolute Gasteiger partial charge is 0.573 e. The van der Waals surface area contributed by atoms with Gasteiger partial charge in [-0.1, -0.05) is 41.0 Å². The number of benzene rings is 2. The molecule has 4 aromatic rings. The Labute approximate surface area is 187 Å². The Morgan fingerprint density at radius 3 is 2.52 bits per heavy atom. The number of nitrogens with zero attached hydrogens (tertiary/aromatic N) is 4. The van der Waals surface area contributed by atoms with Crippen molar-refractivity contribution in [3.63, 3.8) is 0 Å². The van der Waals surface area contributed by atoms with Crippen LogP contribution in [0.15, 0.2) is 59.3 Å². The molecule has 0 saturated heterocycles.